The Labute approximate surface area is 98.2 Å². The zero-order valence-electron chi connectivity index (χ0n) is 9.64. The van der Waals surface area contributed by atoms with E-state index >= 15 is 0 Å². The summed E-state index contributed by atoms with van der Waals surface area (Å²) in [6, 6.07) is -2.36. The number of amides is 2. The van der Waals surface area contributed by atoms with Crippen LogP contribution in [0.5, 0.6) is 0 Å². The molecule has 0 bridgehead atoms. The molecule has 8 nitrogen and oxygen atoms in total. The number of nitrogens with two attached hydrogens (primary N) is 1. The van der Waals surface area contributed by atoms with Gasteiger partial charge in [-0.25, -0.2) is 0 Å². The summed E-state index contributed by atoms with van der Waals surface area (Å²) in [6.45, 7) is 2.25. The molecule has 0 spiro atoms. The van der Waals surface area contributed by atoms with E-state index in [1.54, 1.807) is 0 Å². The molecule has 98 valence electrons. The molecule has 8 heteroatoms. The lowest BCUT2D eigenvalue weighted by molar-refractivity contribution is -0.138. The van der Waals surface area contributed by atoms with E-state index in [4.69, 9.17) is 10.8 Å². The average molecular weight is 247 g/mol. The van der Waals surface area contributed by atoms with Crippen molar-refractivity contribution in [3.05, 3.63) is 0 Å². The molecule has 6 N–H and O–H groups in total. The Morgan fingerprint density at radius 2 is 1.88 bits per heavy atom. The van der Waals surface area contributed by atoms with Crippen LogP contribution in [0.1, 0.15) is 13.8 Å². The fraction of sp³-hybridized carbons (Fsp3) is 0.667. The lowest BCUT2D eigenvalue weighted by atomic mass is 10.1. The number of nitrogens with one attached hydrogen (secondary N) is 2. The minimum atomic E-state index is -1.25. The molecule has 1 unspecified atom stereocenters. The molecule has 0 aromatic heterocycles. The zero-order chi connectivity index (χ0) is 13.6. The highest BCUT2D eigenvalue weighted by molar-refractivity contribution is 5.87. The van der Waals surface area contributed by atoms with Crippen LogP contribution >= 0.6 is 0 Å². The van der Waals surface area contributed by atoms with E-state index in [0.717, 1.165) is 0 Å². The minimum absolute atomic E-state index is 0.281. The van der Waals surface area contributed by atoms with Crippen LogP contribution in [0.2, 0.25) is 0 Å². The van der Waals surface area contributed by atoms with Gasteiger partial charge in [0.25, 0.3) is 0 Å². The first-order valence-electron chi connectivity index (χ1n) is 4.97. The summed E-state index contributed by atoms with van der Waals surface area (Å²) < 4.78 is 0. The van der Waals surface area contributed by atoms with Crippen molar-refractivity contribution in [1.82, 2.24) is 10.6 Å². The Kier molecular flexibility index (Phi) is 6.15. The van der Waals surface area contributed by atoms with Crippen molar-refractivity contribution in [3.8, 4) is 0 Å². The van der Waals surface area contributed by atoms with E-state index in [1.165, 1.54) is 13.8 Å². The van der Waals surface area contributed by atoms with Gasteiger partial charge in [0, 0.05) is 13.5 Å². The van der Waals surface area contributed by atoms with Gasteiger partial charge in [0.2, 0.25) is 11.8 Å². The molecule has 0 saturated heterocycles. The van der Waals surface area contributed by atoms with E-state index in [-0.39, 0.29) is 6.54 Å². The highest BCUT2D eigenvalue weighted by Gasteiger charge is 2.25. The van der Waals surface area contributed by atoms with Gasteiger partial charge in [-0.1, -0.05) is 0 Å². The van der Waals surface area contributed by atoms with Gasteiger partial charge < -0.3 is 26.6 Å². The average Bonchev–Trinajstić information content (AvgIpc) is 2.21. The van der Waals surface area contributed by atoms with Crippen LogP contribution in [0, 0.1) is 0 Å². The van der Waals surface area contributed by atoms with Crippen molar-refractivity contribution in [2.24, 2.45) is 5.73 Å². The maximum atomic E-state index is 11.5. The van der Waals surface area contributed by atoms with E-state index in [2.05, 4.69) is 10.6 Å². The molecule has 17 heavy (non-hydrogen) atoms. The highest BCUT2D eigenvalue weighted by Crippen LogP contribution is 1.93. The van der Waals surface area contributed by atoms with Gasteiger partial charge in [-0.05, 0) is 6.92 Å². The number of aliphatic hydroxyl groups excluding tert-OH is 1. The number of carbonyl (C=O) groups excluding carboxylic acids is 2. The number of hydrogen-bond acceptors (Lipinski definition) is 5. The van der Waals surface area contributed by atoms with Crippen molar-refractivity contribution >= 4 is 17.8 Å². The highest BCUT2D eigenvalue weighted by atomic mass is 16.4. The third kappa shape index (κ3) is 5.83. The monoisotopic (exact) mass is 247 g/mol. The van der Waals surface area contributed by atoms with Crippen molar-refractivity contribution in [2.45, 2.75) is 32.0 Å². The fourth-order valence-corrected chi connectivity index (χ4v) is 1.03. The van der Waals surface area contributed by atoms with Crippen LogP contribution in [-0.4, -0.2) is 52.7 Å². The molecule has 0 aliphatic rings. The molecule has 0 saturated carbocycles. The van der Waals surface area contributed by atoms with Crippen LogP contribution < -0.4 is 16.4 Å². The SMILES string of the molecule is CC(=O)N[C@H](C(=O)NCC(N)C(=O)O)[C@@H](C)O. The first-order valence-corrected chi connectivity index (χ1v) is 4.97. The normalized spacial score (nSPS) is 15.5. The van der Waals surface area contributed by atoms with Crippen molar-refractivity contribution in [2.75, 3.05) is 6.54 Å². The Morgan fingerprint density at radius 1 is 1.35 bits per heavy atom. The molecule has 0 radical (unpaired) electrons. The molecule has 0 aliphatic carbocycles. The third-order valence-electron chi connectivity index (χ3n) is 1.94. The van der Waals surface area contributed by atoms with Gasteiger partial charge in [0.05, 0.1) is 6.10 Å². The number of hydrogen-bond donors (Lipinski definition) is 5. The maximum Gasteiger partial charge on any atom is 0.322 e. The number of carbonyl (C=O) groups is 3. The summed E-state index contributed by atoms with van der Waals surface area (Å²) in [7, 11) is 0. The number of carboxylic acids is 1. The molecule has 0 heterocycles. The summed E-state index contributed by atoms with van der Waals surface area (Å²) in [5.41, 5.74) is 5.18. The molecular formula is C9H17N3O5. The Bertz CT molecular complexity index is 305. The predicted octanol–water partition coefficient (Wildman–Crippen LogP) is -2.60. The number of carboxylic acid groups (broad SMARTS) is 1. The Morgan fingerprint density at radius 3 is 2.24 bits per heavy atom. The van der Waals surface area contributed by atoms with Gasteiger partial charge in [-0.3, -0.25) is 14.4 Å². The number of rotatable bonds is 6. The van der Waals surface area contributed by atoms with E-state index < -0.39 is 36.0 Å². The van der Waals surface area contributed by atoms with Crippen LogP contribution in [0.4, 0.5) is 0 Å². The minimum Gasteiger partial charge on any atom is -0.480 e. The molecule has 3 atom stereocenters. The summed E-state index contributed by atoms with van der Waals surface area (Å²) in [6.07, 6.45) is -1.10. The second-order valence-electron chi connectivity index (χ2n) is 3.61. The molecule has 0 rings (SSSR count). The lowest BCUT2D eigenvalue weighted by Gasteiger charge is -2.20. The largest absolute Gasteiger partial charge is 0.480 e. The van der Waals surface area contributed by atoms with E-state index in [1.807, 2.05) is 0 Å². The van der Waals surface area contributed by atoms with E-state index in [9.17, 15) is 19.5 Å². The van der Waals surface area contributed by atoms with Crippen LogP contribution in [-0.2, 0) is 14.4 Å². The third-order valence-corrected chi connectivity index (χ3v) is 1.94. The summed E-state index contributed by atoms with van der Waals surface area (Å²) in [5, 5.41) is 22.2. The van der Waals surface area contributed by atoms with Gasteiger partial charge in [0.15, 0.2) is 0 Å². The standard InChI is InChI=1S/C9H17N3O5/c1-4(13)7(12-5(2)14)8(15)11-3-6(10)9(16)17/h4,6-7,13H,3,10H2,1-2H3,(H,11,15)(H,12,14)(H,16,17)/t4-,6?,7+/m1/s1. The van der Waals surface area contributed by atoms with Crippen LogP contribution in [0.15, 0.2) is 0 Å². The number of aliphatic carboxylic acids is 1. The number of aliphatic hydroxyl groups is 1. The quantitative estimate of drug-likeness (QED) is 0.348. The molecule has 0 fully saturated rings. The molecule has 2 amide bonds. The summed E-state index contributed by atoms with van der Waals surface area (Å²) in [5.74, 6) is -2.42. The second-order valence-corrected chi connectivity index (χ2v) is 3.61. The Hall–Kier alpha value is -1.67. The van der Waals surface area contributed by atoms with Crippen LogP contribution in [0.25, 0.3) is 0 Å². The predicted molar refractivity (Wildman–Crippen MR) is 57.9 cm³/mol. The molecule has 0 aromatic rings. The summed E-state index contributed by atoms with van der Waals surface area (Å²) >= 11 is 0. The van der Waals surface area contributed by atoms with Crippen molar-refractivity contribution in [3.63, 3.8) is 0 Å². The Balaban J connectivity index is 4.33. The molecule has 0 aromatic carbocycles. The molecule has 0 aliphatic heterocycles. The van der Waals surface area contributed by atoms with Gasteiger partial charge >= 0.3 is 5.97 Å². The van der Waals surface area contributed by atoms with Crippen molar-refractivity contribution < 1.29 is 24.6 Å². The fourth-order valence-electron chi connectivity index (χ4n) is 1.03. The topological polar surface area (TPSA) is 142 Å². The first-order chi connectivity index (χ1) is 7.75. The van der Waals surface area contributed by atoms with E-state index in [0.29, 0.717) is 0 Å². The van der Waals surface area contributed by atoms with Crippen LogP contribution in [0.3, 0.4) is 0 Å². The van der Waals surface area contributed by atoms with Crippen molar-refractivity contribution in [1.29, 1.82) is 0 Å². The lowest BCUT2D eigenvalue weighted by Crippen LogP contribution is -2.54. The smallest absolute Gasteiger partial charge is 0.322 e. The molecular weight excluding hydrogens is 230 g/mol. The second kappa shape index (κ2) is 6.81. The summed E-state index contributed by atoms with van der Waals surface area (Å²) in [4.78, 5) is 32.7. The van der Waals surface area contributed by atoms with Gasteiger partial charge in [-0.2, -0.15) is 0 Å². The first kappa shape index (κ1) is 15.3. The zero-order valence-corrected chi connectivity index (χ0v) is 9.64. The van der Waals surface area contributed by atoms with Gasteiger partial charge in [0.1, 0.15) is 12.1 Å². The van der Waals surface area contributed by atoms with Gasteiger partial charge in [-0.15, -0.1) is 0 Å². The maximum absolute atomic E-state index is 11.5.